The normalized spacial score (nSPS) is 30.0. The number of benzene rings is 1. The Morgan fingerprint density at radius 3 is 2.70 bits per heavy atom. The second kappa shape index (κ2) is 5.66. The van der Waals surface area contributed by atoms with Crippen molar-refractivity contribution in [2.45, 2.75) is 76.1 Å². The van der Waals surface area contributed by atoms with Crippen LogP contribution in [0.4, 0.5) is 10.1 Å². The van der Waals surface area contributed by atoms with E-state index in [1.54, 1.807) is 6.07 Å². The van der Waals surface area contributed by atoms with Crippen molar-refractivity contribution in [1.82, 2.24) is 5.32 Å². The molecular weight excluding hydrogens is 291 g/mol. The van der Waals surface area contributed by atoms with Gasteiger partial charge < -0.3 is 15.0 Å². The van der Waals surface area contributed by atoms with Crippen molar-refractivity contribution in [3.05, 3.63) is 24.0 Å². The second-order valence-corrected chi connectivity index (χ2v) is 8.05. The van der Waals surface area contributed by atoms with Crippen molar-refractivity contribution >= 4 is 5.69 Å². The third kappa shape index (κ3) is 3.18. The molecule has 0 spiro atoms. The molecule has 3 fully saturated rings. The topological polar surface area (TPSA) is 24.5 Å². The zero-order valence-corrected chi connectivity index (χ0v) is 14.1. The Balaban J connectivity index is 1.60. The molecule has 0 radical (unpaired) electrons. The molecule has 126 valence electrons. The highest BCUT2D eigenvalue weighted by Gasteiger charge is 2.40. The highest BCUT2D eigenvalue weighted by atomic mass is 19.1. The molecule has 0 bridgehead atoms. The van der Waals surface area contributed by atoms with Crippen LogP contribution in [0.25, 0.3) is 0 Å². The summed E-state index contributed by atoms with van der Waals surface area (Å²) in [7, 11) is 0. The first-order valence-electron chi connectivity index (χ1n) is 9.02. The van der Waals surface area contributed by atoms with Gasteiger partial charge >= 0.3 is 0 Å². The minimum Gasteiger partial charge on any atom is -0.487 e. The highest BCUT2D eigenvalue weighted by Crippen LogP contribution is 2.36. The van der Waals surface area contributed by atoms with Crippen LogP contribution in [0.1, 0.15) is 52.4 Å². The van der Waals surface area contributed by atoms with Gasteiger partial charge in [-0.3, -0.25) is 0 Å². The van der Waals surface area contributed by atoms with Gasteiger partial charge in [-0.25, -0.2) is 4.39 Å². The predicted molar refractivity (Wildman–Crippen MR) is 90.7 cm³/mol. The van der Waals surface area contributed by atoms with Crippen LogP contribution in [0.3, 0.4) is 0 Å². The van der Waals surface area contributed by atoms with E-state index in [9.17, 15) is 4.39 Å². The summed E-state index contributed by atoms with van der Waals surface area (Å²) in [4.78, 5) is 2.42. The molecule has 3 nitrogen and oxygen atoms in total. The Bertz CT molecular complexity index is 585. The predicted octanol–water partition coefficient (Wildman–Crippen LogP) is 3.87. The van der Waals surface area contributed by atoms with Gasteiger partial charge in [0.25, 0.3) is 0 Å². The lowest BCUT2D eigenvalue weighted by Crippen LogP contribution is -2.67. The van der Waals surface area contributed by atoms with Gasteiger partial charge in [-0.05, 0) is 51.7 Å². The lowest BCUT2D eigenvalue weighted by molar-refractivity contribution is 0.199. The maximum absolute atomic E-state index is 14.4. The minimum atomic E-state index is -0.224. The average Bonchev–Trinajstić information content (AvgIpc) is 3.31. The van der Waals surface area contributed by atoms with Crippen LogP contribution < -0.4 is 15.0 Å². The van der Waals surface area contributed by atoms with Gasteiger partial charge in [0.1, 0.15) is 0 Å². The molecular formula is C19H27FN2O. The summed E-state index contributed by atoms with van der Waals surface area (Å²) < 4.78 is 20.1. The number of piperazine rings is 1. The van der Waals surface area contributed by atoms with Crippen molar-refractivity contribution in [1.29, 1.82) is 0 Å². The molecule has 2 atom stereocenters. The Labute approximate surface area is 138 Å². The number of hydrogen-bond donors (Lipinski definition) is 1. The molecule has 2 aliphatic carbocycles. The fraction of sp³-hybridized carbons (Fsp3) is 0.684. The number of anilines is 1. The van der Waals surface area contributed by atoms with Crippen LogP contribution in [0.2, 0.25) is 0 Å². The van der Waals surface area contributed by atoms with Crippen LogP contribution in [0, 0.1) is 5.82 Å². The fourth-order valence-corrected chi connectivity index (χ4v) is 4.16. The van der Waals surface area contributed by atoms with Crippen molar-refractivity contribution < 1.29 is 9.13 Å². The molecule has 1 saturated heterocycles. The van der Waals surface area contributed by atoms with E-state index in [-0.39, 0.29) is 17.5 Å². The Morgan fingerprint density at radius 2 is 1.96 bits per heavy atom. The van der Waals surface area contributed by atoms with E-state index >= 15 is 0 Å². The van der Waals surface area contributed by atoms with Crippen molar-refractivity contribution in [2.75, 3.05) is 11.4 Å². The molecule has 2 saturated carbocycles. The van der Waals surface area contributed by atoms with Crippen molar-refractivity contribution in [3.63, 3.8) is 0 Å². The van der Waals surface area contributed by atoms with E-state index in [1.165, 1.54) is 25.7 Å². The van der Waals surface area contributed by atoms with Gasteiger partial charge in [-0.1, -0.05) is 12.8 Å². The molecule has 4 rings (SSSR count). The lowest BCUT2D eigenvalue weighted by atomic mass is 9.83. The van der Waals surface area contributed by atoms with Crippen LogP contribution in [0.15, 0.2) is 18.2 Å². The van der Waals surface area contributed by atoms with Crippen LogP contribution >= 0.6 is 0 Å². The summed E-state index contributed by atoms with van der Waals surface area (Å²) in [6, 6.07) is 6.51. The minimum absolute atomic E-state index is 0.0537. The van der Waals surface area contributed by atoms with Gasteiger partial charge in [0.15, 0.2) is 11.6 Å². The van der Waals surface area contributed by atoms with Crippen LogP contribution in [-0.4, -0.2) is 30.3 Å². The standard InChI is InChI=1S/C19H27FN2O/c1-19(2)12-22(17-6-4-3-5-16(17)21-19)13-7-10-18(15(20)11-13)23-14-8-9-14/h7,10-11,14,16-17,21H,3-6,8-9,12H2,1-2H3/t16-,17-/m1/s1. The number of halogens is 1. The van der Waals surface area contributed by atoms with Gasteiger partial charge in [-0.15, -0.1) is 0 Å². The molecule has 3 aliphatic rings. The van der Waals surface area contributed by atoms with E-state index in [2.05, 4.69) is 24.1 Å². The molecule has 0 amide bonds. The van der Waals surface area contributed by atoms with Gasteiger partial charge in [0.2, 0.25) is 0 Å². The van der Waals surface area contributed by atoms with Crippen LogP contribution in [0.5, 0.6) is 5.75 Å². The maximum atomic E-state index is 14.4. The van der Waals surface area contributed by atoms with E-state index < -0.39 is 0 Å². The smallest absolute Gasteiger partial charge is 0.167 e. The van der Waals surface area contributed by atoms with Crippen molar-refractivity contribution in [3.8, 4) is 5.75 Å². The molecule has 1 heterocycles. The van der Waals surface area contributed by atoms with Gasteiger partial charge in [0, 0.05) is 35.9 Å². The monoisotopic (exact) mass is 318 g/mol. The summed E-state index contributed by atoms with van der Waals surface area (Å²) in [5.41, 5.74) is 1.05. The molecule has 1 aromatic rings. The lowest BCUT2D eigenvalue weighted by Gasteiger charge is -2.52. The quantitative estimate of drug-likeness (QED) is 0.916. The van der Waals surface area contributed by atoms with Gasteiger partial charge in [-0.2, -0.15) is 0 Å². The summed E-state index contributed by atoms with van der Waals surface area (Å²) >= 11 is 0. The maximum Gasteiger partial charge on any atom is 0.167 e. The zero-order valence-electron chi connectivity index (χ0n) is 14.1. The van der Waals surface area contributed by atoms with E-state index in [0.717, 1.165) is 25.1 Å². The van der Waals surface area contributed by atoms with E-state index in [4.69, 9.17) is 4.74 Å². The largest absolute Gasteiger partial charge is 0.487 e. The molecule has 0 unspecified atom stereocenters. The molecule has 4 heteroatoms. The first kappa shape index (κ1) is 15.3. The number of rotatable bonds is 3. The Morgan fingerprint density at radius 1 is 1.17 bits per heavy atom. The van der Waals surface area contributed by atoms with Gasteiger partial charge in [0.05, 0.1) is 6.10 Å². The van der Waals surface area contributed by atoms with Crippen LogP contribution in [-0.2, 0) is 0 Å². The summed E-state index contributed by atoms with van der Waals surface area (Å²) in [6.07, 6.45) is 7.31. The zero-order chi connectivity index (χ0) is 16.0. The SMILES string of the molecule is CC1(C)CN(c2ccc(OC3CC3)c(F)c2)[C@@H]2CCCC[C@H]2N1. The molecule has 1 aliphatic heterocycles. The third-order valence-electron chi connectivity index (χ3n) is 5.34. The summed E-state index contributed by atoms with van der Waals surface area (Å²) in [5, 5.41) is 3.79. The van der Waals surface area contributed by atoms with E-state index in [1.807, 2.05) is 12.1 Å². The molecule has 1 aromatic carbocycles. The van der Waals surface area contributed by atoms with E-state index in [0.29, 0.717) is 17.8 Å². The fourth-order valence-electron chi connectivity index (χ4n) is 4.16. The summed E-state index contributed by atoms with van der Waals surface area (Å²) in [6.45, 7) is 5.40. The second-order valence-electron chi connectivity index (χ2n) is 8.05. The number of fused-ring (bicyclic) bond motifs is 1. The summed E-state index contributed by atoms with van der Waals surface area (Å²) in [5.74, 6) is 0.184. The molecule has 23 heavy (non-hydrogen) atoms. The first-order valence-corrected chi connectivity index (χ1v) is 9.02. The third-order valence-corrected chi connectivity index (χ3v) is 5.34. The number of hydrogen-bond acceptors (Lipinski definition) is 3. The molecule has 0 aromatic heterocycles. The number of ether oxygens (including phenoxy) is 1. The Hall–Kier alpha value is -1.29. The molecule has 1 N–H and O–H groups in total. The number of nitrogens with one attached hydrogen (secondary N) is 1. The Kier molecular flexibility index (Phi) is 3.75. The number of nitrogens with zero attached hydrogens (tertiary/aromatic N) is 1. The highest BCUT2D eigenvalue weighted by molar-refractivity contribution is 5.52. The average molecular weight is 318 g/mol. The first-order chi connectivity index (χ1) is 11.0. The van der Waals surface area contributed by atoms with Crippen molar-refractivity contribution in [2.24, 2.45) is 0 Å².